The first-order chi connectivity index (χ1) is 9.22. The molecule has 2 nitrogen and oxygen atoms in total. The van der Waals surface area contributed by atoms with E-state index in [1.807, 2.05) is 18.2 Å². The lowest BCUT2D eigenvalue weighted by Gasteiger charge is -2.34. The highest BCUT2D eigenvalue weighted by Crippen LogP contribution is 2.30. The fraction of sp³-hybridized carbons (Fsp3) is 0.312. The normalized spacial score (nSPS) is 18.2. The van der Waals surface area contributed by atoms with E-state index in [2.05, 4.69) is 41.1 Å². The Labute approximate surface area is 119 Å². The number of anilines is 1. The van der Waals surface area contributed by atoms with E-state index in [9.17, 15) is 0 Å². The standard InChI is InChI=1S/C16H17ClN2/c1-12-9-13-5-2-3-7-15(13)19(10-12)11-14-6-4-8-16(17)18-14/h2-8,12H,9-11H2,1H3. The molecule has 2 heterocycles. The van der Waals surface area contributed by atoms with Crippen molar-refractivity contribution in [1.29, 1.82) is 0 Å². The first-order valence-electron chi connectivity index (χ1n) is 6.66. The molecule has 0 aliphatic carbocycles. The molecule has 3 rings (SSSR count). The number of fused-ring (bicyclic) bond motifs is 1. The molecule has 0 amide bonds. The number of benzene rings is 1. The van der Waals surface area contributed by atoms with Crippen molar-refractivity contribution in [2.45, 2.75) is 19.9 Å². The van der Waals surface area contributed by atoms with Crippen molar-refractivity contribution in [2.75, 3.05) is 11.4 Å². The van der Waals surface area contributed by atoms with Crippen LogP contribution in [0.2, 0.25) is 5.15 Å². The van der Waals surface area contributed by atoms with E-state index in [4.69, 9.17) is 11.6 Å². The number of rotatable bonds is 2. The van der Waals surface area contributed by atoms with Crippen LogP contribution in [0.3, 0.4) is 0 Å². The zero-order valence-corrected chi connectivity index (χ0v) is 11.8. The summed E-state index contributed by atoms with van der Waals surface area (Å²) in [4.78, 5) is 6.79. The van der Waals surface area contributed by atoms with E-state index in [0.717, 1.165) is 25.2 Å². The maximum atomic E-state index is 5.96. The van der Waals surface area contributed by atoms with Gasteiger partial charge in [-0.15, -0.1) is 0 Å². The van der Waals surface area contributed by atoms with E-state index in [1.54, 1.807) is 0 Å². The topological polar surface area (TPSA) is 16.1 Å². The third-order valence-electron chi connectivity index (χ3n) is 3.56. The van der Waals surface area contributed by atoms with E-state index in [0.29, 0.717) is 11.1 Å². The Bertz CT molecular complexity index is 582. The van der Waals surface area contributed by atoms with Crippen LogP contribution in [-0.4, -0.2) is 11.5 Å². The third kappa shape index (κ3) is 2.74. The molecule has 0 spiro atoms. The lowest BCUT2D eigenvalue weighted by molar-refractivity contribution is 0.528. The molecular weight excluding hydrogens is 256 g/mol. The van der Waals surface area contributed by atoms with Gasteiger partial charge < -0.3 is 4.90 Å². The van der Waals surface area contributed by atoms with Gasteiger partial charge in [0.05, 0.1) is 12.2 Å². The van der Waals surface area contributed by atoms with Crippen molar-refractivity contribution in [3.63, 3.8) is 0 Å². The Morgan fingerprint density at radius 2 is 2.05 bits per heavy atom. The number of pyridine rings is 1. The first kappa shape index (κ1) is 12.5. The summed E-state index contributed by atoms with van der Waals surface area (Å²) in [6, 6.07) is 14.5. The van der Waals surface area contributed by atoms with Crippen LogP contribution >= 0.6 is 11.6 Å². The molecule has 2 aromatic rings. The predicted octanol–water partition coefficient (Wildman–Crippen LogP) is 3.93. The van der Waals surface area contributed by atoms with Crippen LogP contribution in [0, 0.1) is 5.92 Å². The molecule has 1 aromatic heterocycles. The minimum Gasteiger partial charge on any atom is -0.365 e. The second-order valence-corrected chi connectivity index (χ2v) is 5.66. The predicted molar refractivity (Wildman–Crippen MR) is 79.6 cm³/mol. The van der Waals surface area contributed by atoms with Crippen LogP contribution in [0.25, 0.3) is 0 Å². The van der Waals surface area contributed by atoms with Gasteiger partial charge in [-0.3, -0.25) is 0 Å². The van der Waals surface area contributed by atoms with E-state index >= 15 is 0 Å². The average Bonchev–Trinajstić information content (AvgIpc) is 2.38. The van der Waals surface area contributed by atoms with Crippen molar-refractivity contribution in [3.05, 3.63) is 58.9 Å². The largest absolute Gasteiger partial charge is 0.365 e. The summed E-state index contributed by atoms with van der Waals surface area (Å²) in [7, 11) is 0. The summed E-state index contributed by atoms with van der Waals surface area (Å²) in [5, 5.41) is 0.566. The second-order valence-electron chi connectivity index (χ2n) is 5.27. The number of hydrogen-bond acceptors (Lipinski definition) is 2. The van der Waals surface area contributed by atoms with Crippen LogP contribution < -0.4 is 4.90 Å². The lowest BCUT2D eigenvalue weighted by Crippen LogP contribution is -2.34. The zero-order valence-electron chi connectivity index (χ0n) is 11.0. The van der Waals surface area contributed by atoms with Crippen LogP contribution in [0.1, 0.15) is 18.2 Å². The molecule has 0 saturated carbocycles. The highest BCUT2D eigenvalue weighted by atomic mass is 35.5. The minimum absolute atomic E-state index is 0.566. The lowest BCUT2D eigenvalue weighted by atomic mass is 9.94. The quantitative estimate of drug-likeness (QED) is 0.770. The van der Waals surface area contributed by atoms with Crippen molar-refractivity contribution in [3.8, 4) is 0 Å². The summed E-state index contributed by atoms with van der Waals surface area (Å²) in [6.07, 6.45) is 1.16. The van der Waals surface area contributed by atoms with E-state index in [1.165, 1.54) is 11.3 Å². The minimum atomic E-state index is 0.566. The van der Waals surface area contributed by atoms with Crippen molar-refractivity contribution < 1.29 is 0 Å². The van der Waals surface area contributed by atoms with Gasteiger partial charge in [-0.2, -0.15) is 0 Å². The molecule has 0 saturated heterocycles. The van der Waals surface area contributed by atoms with Gasteiger partial charge in [-0.25, -0.2) is 4.98 Å². The second kappa shape index (κ2) is 5.22. The summed E-state index contributed by atoms with van der Waals surface area (Å²) in [5.41, 5.74) is 3.79. The fourth-order valence-electron chi connectivity index (χ4n) is 2.79. The van der Waals surface area contributed by atoms with Gasteiger partial charge in [0.1, 0.15) is 5.15 Å². The van der Waals surface area contributed by atoms with Gasteiger partial charge in [-0.05, 0) is 36.1 Å². The summed E-state index contributed by atoms with van der Waals surface area (Å²) >= 11 is 5.96. The molecule has 0 radical (unpaired) electrons. The average molecular weight is 273 g/mol. The van der Waals surface area contributed by atoms with E-state index in [-0.39, 0.29) is 0 Å². The number of hydrogen-bond donors (Lipinski definition) is 0. The molecule has 1 aliphatic rings. The molecule has 3 heteroatoms. The van der Waals surface area contributed by atoms with Gasteiger partial charge in [-0.1, -0.05) is 42.8 Å². The Kier molecular flexibility index (Phi) is 3.43. The number of halogens is 1. The van der Waals surface area contributed by atoms with Crippen LogP contribution in [0.15, 0.2) is 42.5 Å². The Hall–Kier alpha value is -1.54. The molecule has 19 heavy (non-hydrogen) atoms. The van der Waals surface area contributed by atoms with Gasteiger partial charge in [0, 0.05) is 12.2 Å². The monoisotopic (exact) mass is 272 g/mol. The van der Waals surface area contributed by atoms with Crippen molar-refractivity contribution in [1.82, 2.24) is 4.98 Å². The smallest absolute Gasteiger partial charge is 0.129 e. The third-order valence-corrected chi connectivity index (χ3v) is 3.77. The molecular formula is C16H17ClN2. The molecule has 1 atom stereocenters. The van der Waals surface area contributed by atoms with Gasteiger partial charge in [0.25, 0.3) is 0 Å². The summed E-state index contributed by atoms with van der Waals surface area (Å²) in [5.74, 6) is 0.675. The van der Waals surface area contributed by atoms with Crippen LogP contribution in [0.4, 0.5) is 5.69 Å². The summed E-state index contributed by atoms with van der Waals surface area (Å²) in [6.45, 7) is 4.20. The number of aromatic nitrogens is 1. The van der Waals surface area contributed by atoms with E-state index < -0.39 is 0 Å². The Morgan fingerprint density at radius 3 is 2.89 bits per heavy atom. The first-order valence-corrected chi connectivity index (χ1v) is 7.04. The maximum absolute atomic E-state index is 5.96. The molecule has 98 valence electrons. The highest BCUT2D eigenvalue weighted by Gasteiger charge is 2.21. The molecule has 1 aliphatic heterocycles. The van der Waals surface area contributed by atoms with Crippen LogP contribution in [-0.2, 0) is 13.0 Å². The molecule has 0 fully saturated rings. The SMILES string of the molecule is CC1Cc2ccccc2N(Cc2cccc(Cl)n2)C1. The van der Waals surface area contributed by atoms with Gasteiger partial charge in [0.2, 0.25) is 0 Å². The Balaban J connectivity index is 1.89. The molecule has 0 N–H and O–H groups in total. The Morgan fingerprint density at radius 1 is 1.21 bits per heavy atom. The van der Waals surface area contributed by atoms with Gasteiger partial charge >= 0.3 is 0 Å². The zero-order chi connectivity index (χ0) is 13.2. The summed E-state index contributed by atoms with van der Waals surface area (Å²) < 4.78 is 0. The van der Waals surface area contributed by atoms with Gasteiger partial charge in [0.15, 0.2) is 0 Å². The van der Waals surface area contributed by atoms with Crippen molar-refractivity contribution >= 4 is 17.3 Å². The highest BCUT2D eigenvalue weighted by molar-refractivity contribution is 6.29. The fourth-order valence-corrected chi connectivity index (χ4v) is 2.97. The number of para-hydroxylation sites is 1. The van der Waals surface area contributed by atoms with Crippen LogP contribution in [0.5, 0.6) is 0 Å². The molecule has 1 unspecified atom stereocenters. The molecule has 0 bridgehead atoms. The maximum Gasteiger partial charge on any atom is 0.129 e. The van der Waals surface area contributed by atoms with Crippen molar-refractivity contribution in [2.24, 2.45) is 5.92 Å². The molecule has 1 aromatic carbocycles. The number of nitrogens with zero attached hydrogens (tertiary/aromatic N) is 2.